The third-order valence-electron chi connectivity index (χ3n) is 2.16. The van der Waals surface area contributed by atoms with E-state index in [1.54, 1.807) is 0 Å². The van der Waals surface area contributed by atoms with Crippen LogP contribution in [0.3, 0.4) is 0 Å². The summed E-state index contributed by atoms with van der Waals surface area (Å²) >= 11 is 0. The smallest absolute Gasteiger partial charge is 0.132 e. The van der Waals surface area contributed by atoms with E-state index in [4.69, 9.17) is 0 Å². The quantitative estimate of drug-likeness (QED) is 0.566. The van der Waals surface area contributed by atoms with Gasteiger partial charge >= 0.3 is 0 Å². The van der Waals surface area contributed by atoms with Crippen molar-refractivity contribution >= 4 is 11.9 Å². The average Bonchev–Trinajstić information content (AvgIpc) is 2.29. The van der Waals surface area contributed by atoms with Crippen LogP contribution < -0.4 is 0 Å². The standard InChI is InChI=1S/C13H7F4N/c14-9-1-2-13(17)8(3-9)7-18-12-5-10(15)4-11(16)6-12/h1-7H. The Morgan fingerprint density at radius 1 is 0.778 bits per heavy atom. The van der Waals surface area contributed by atoms with E-state index in [0.29, 0.717) is 6.07 Å². The van der Waals surface area contributed by atoms with Gasteiger partial charge in [-0.1, -0.05) is 0 Å². The van der Waals surface area contributed by atoms with Gasteiger partial charge in [0.15, 0.2) is 0 Å². The van der Waals surface area contributed by atoms with Crippen LogP contribution in [-0.4, -0.2) is 6.21 Å². The molecule has 2 aromatic carbocycles. The highest BCUT2D eigenvalue weighted by molar-refractivity contribution is 5.82. The molecule has 0 aliphatic rings. The van der Waals surface area contributed by atoms with Gasteiger partial charge in [-0.3, -0.25) is 4.99 Å². The van der Waals surface area contributed by atoms with Crippen LogP contribution in [0.2, 0.25) is 0 Å². The van der Waals surface area contributed by atoms with Crippen LogP contribution in [0.4, 0.5) is 23.2 Å². The Morgan fingerprint density at radius 2 is 1.44 bits per heavy atom. The Labute approximate surface area is 100 Å². The first kappa shape index (κ1) is 12.3. The van der Waals surface area contributed by atoms with Crippen molar-refractivity contribution in [3.63, 3.8) is 0 Å². The SMILES string of the molecule is Fc1cc(F)cc(N=Cc2cc(F)ccc2F)c1. The van der Waals surface area contributed by atoms with Crippen molar-refractivity contribution in [1.29, 1.82) is 0 Å². The van der Waals surface area contributed by atoms with Gasteiger partial charge in [-0.15, -0.1) is 0 Å². The second kappa shape index (κ2) is 5.00. The lowest BCUT2D eigenvalue weighted by Gasteiger charge is -1.98. The molecule has 0 N–H and O–H groups in total. The molecule has 0 aliphatic heterocycles. The molecule has 0 bridgehead atoms. The van der Waals surface area contributed by atoms with Crippen LogP contribution in [0.1, 0.15) is 5.56 Å². The van der Waals surface area contributed by atoms with Crippen LogP contribution in [0.25, 0.3) is 0 Å². The summed E-state index contributed by atoms with van der Waals surface area (Å²) in [6.45, 7) is 0. The molecule has 2 aromatic rings. The fourth-order valence-corrected chi connectivity index (χ4v) is 1.37. The molecule has 18 heavy (non-hydrogen) atoms. The van der Waals surface area contributed by atoms with Crippen LogP contribution in [-0.2, 0) is 0 Å². The number of hydrogen-bond acceptors (Lipinski definition) is 1. The topological polar surface area (TPSA) is 12.4 Å². The minimum absolute atomic E-state index is 0.0174. The fourth-order valence-electron chi connectivity index (χ4n) is 1.37. The first-order valence-electron chi connectivity index (χ1n) is 5.00. The van der Waals surface area contributed by atoms with Crippen LogP contribution in [0.5, 0.6) is 0 Å². The number of nitrogens with zero attached hydrogens (tertiary/aromatic N) is 1. The normalized spacial score (nSPS) is 11.1. The van der Waals surface area contributed by atoms with Gasteiger partial charge in [-0.25, -0.2) is 17.6 Å². The van der Waals surface area contributed by atoms with E-state index in [1.807, 2.05) is 0 Å². The largest absolute Gasteiger partial charge is 0.256 e. The maximum absolute atomic E-state index is 13.2. The molecule has 0 aromatic heterocycles. The van der Waals surface area contributed by atoms with Gasteiger partial charge in [-0.05, 0) is 30.3 Å². The van der Waals surface area contributed by atoms with E-state index in [2.05, 4.69) is 4.99 Å². The highest BCUT2D eigenvalue weighted by Gasteiger charge is 2.02. The molecular formula is C13H7F4N. The Bertz CT molecular complexity index is 588. The summed E-state index contributed by atoms with van der Waals surface area (Å²) in [6, 6.07) is 5.52. The molecule has 0 aliphatic carbocycles. The van der Waals surface area contributed by atoms with E-state index in [9.17, 15) is 17.6 Å². The minimum Gasteiger partial charge on any atom is -0.256 e. The van der Waals surface area contributed by atoms with E-state index in [0.717, 1.165) is 36.5 Å². The summed E-state index contributed by atoms with van der Waals surface area (Å²) in [5, 5.41) is 0. The number of hydrogen-bond donors (Lipinski definition) is 0. The predicted molar refractivity (Wildman–Crippen MR) is 60.0 cm³/mol. The van der Waals surface area contributed by atoms with Gasteiger partial charge in [0.05, 0.1) is 5.69 Å². The monoisotopic (exact) mass is 253 g/mol. The molecule has 92 valence electrons. The van der Waals surface area contributed by atoms with Crippen molar-refractivity contribution in [2.75, 3.05) is 0 Å². The maximum atomic E-state index is 13.2. The summed E-state index contributed by atoms with van der Waals surface area (Å²) in [4.78, 5) is 3.69. The highest BCUT2D eigenvalue weighted by atomic mass is 19.1. The van der Waals surface area contributed by atoms with Crippen molar-refractivity contribution in [3.05, 3.63) is 65.2 Å². The lowest BCUT2D eigenvalue weighted by Crippen LogP contribution is -1.89. The van der Waals surface area contributed by atoms with Crippen molar-refractivity contribution in [2.45, 2.75) is 0 Å². The third kappa shape index (κ3) is 2.94. The van der Waals surface area contributed by atoms with Crippen molar-refractivity contribution < 1.29 is 17.6 Å². The molecule has 0 spiro atoms. The van der Waals surface area contributed by atoms with Gasteiger partial charge in [0.1, 0.15) is 23.3 Å². The summed E-state index contributed by atoms with van der Waals surface area (Å²) in [7, 11) is 0. The molecule has 0 saturated heterocycles. The Morgan fingerprint density at radius 3 is 2.11 bits per heavy atom. The first-order chi connectivity index (χ1) is 8.54. The second-order valence-electron chi connectivity index (χ2n) is 3.55. The molecular weight excluding hydrogens is 246 g/mol. The number of rotatable bonds is 2. The van der Waals surface area contributed by atoms with Crippen molar-refractivity contribution in [1.82, 2.24) is 0 Å². The zero-order chi connectivity index (χ0) is 13.1. The summed E-state index contributed by atoms with van der Waals surface area (Å²) < 4.78 is 51.8. The van der Waals surface area contributed by atoms with Crippen molar-refractivity contribution in [3.8, 4) is 0 Å². The van der Waals surface area contributed by atoms with E-state index >= 15 is 0 Å². The number of benzene rings is 2. The van der Waals surface area contributed by atoms with Crippen molar-refractivity contribution in [2.24, 2.45) is 4.99 Å². The summed E-state index contributed by atoms with van der Waals surface area (Å²) in [5.74, 6) is -2.87. The lowest BCUT2D eigenvalue weighted by molar-refractivity contribution is 0.584. The Balaban J connectivity index is 2.32. The Kier molecular flexibility index (Phi) is 3.41. The zero-order valence-electron chi connectivity index (χ0n) is 9.00. The maximum Gasteiger partial charge on any atom is 0.132 e. The van der Waals surface area contributed by atoms with E-state index in [-0.39, 0.29) is 11.3 Å². The fraction of sp³-hybridized carbons (Fsp3) is 0. The lowest BCUT2D eigenvalue weighted by atomic mass is 10.2. The van der Waals surface area contributed by atoms with Gasteiger partial charge in [0, 0.05) is 17.8 Å². The van der Waals surface area contributed by atoms with Crippen LogP contribution in [0.15, 0.2) is 41.4 Å². The molecule has 0 radical (unpaired) electrons. The molecule has 1 nitrogen and oxygen atoms in total. The molecule has 5 heteroatoms. The molecule has 2 rings (SSSR count). The molecule has 0 heterocycles. The van der Waals surface area contributed by atoms with Gasteiger partial charge in [0.25, 0.3) is 0 Å². The number of aliphatic imine (C=N–C) groups is 1. The van der Waals surface area contributed by atoms with Gasteiger partial charge in [-0.2, -0.15) is 0 Å². The Hall–Kier alpha value is -2.17. The average molecular weight is 253 g/mol. The third-order valence-corrected chi connectivity index (χ3v) is 2.16. The highest BCUT2D eigenvalue weighted by Crippen LogP contribution is 2.16. The predicted octanol–water partition coefficient (Wildman–Crippen LogP) is 3.99. The van der Waals surface area contributed by atoms with E-state index in [1.165, 1.54) is 0 Å². The van der Waals surface area contributed by atoms with Crippen LogP contribution in [0, 0.1) is 23.3 Å². The molecule has 0 unspecified atom stereocenters. The summed E-state index contributed by atoms with van der Waals surface area (Å²) in [5.41, 5.74) is -0.115. The molecule has 0 amide bonds. The van der Waals surface area contributed by atoms with Crippen LogP contribution >= 0.6 is 0 Å². The summed E-state index contributed by atoms with van der Waals surface area (Å²) in [6.07, 6.45) is 1.01. The first-order valence-corrected chi connectivity index (χ1v) is 5.00. The van der Waals surface area contributed by atoms with Gasteiger partial charge in [0.2, 0.25) is 0 Å². The number of halogens is 4. The second-order valence-corrected chi connectivity index (χ2v) is 3.55. The van der Waals surface area contributed by atoms with Gasteiger partial charge < -0.3 is 0 Å². The molecule has 0 saturated carbocycles. The minimum atomic E-state index is -0.790. The molecule has 0 fully saturated rings. The zero-order valence-corrected chi connectivity index (χ0v) is 9.00. The molecule has 0 atom stereocenters. The van der Waals surface area contributed by atoms with E-state index < -0.39 is 23.3 Å².